The van der Waals surface area contributed by atoms with Crippen molar-refractivity contribution in [1.82, 2.24) is 0 Å². The fourth-order valence-electron chi connectivity index (χ4n) is 1.88. The molecule has 0 saturated heterocycles. The minimum Gasteiger partial charge on any atom is -0.493 e. The first-order chi connectivity index (χ1) is 10.8. The third-order valence-electron chi connectivity index (χ3n) is 3.06. The van der Waals surface area contributed by atoms with Crippen LogP contribution in [0, 0.1) is 18.3 Å². The molecule has 0 spiro atoms. The Labute approximate surface area is 135 Å². The molecule has 22 heavy (non-hydrogen) atoms. The van der Waals surface area contributed by atoms with Crippen molar-refractivity contribution in [3.63, 3.8) is 0 Å². The third kappa shape index (κ3) is 5.34. The Morgan fingerprint density at radius 3 is 2.32 bits per heavy atom. The van der Waals surface area contributed by atoms with E-state index in [9.17, 15) is 0 Å². The molecular weight excluding hydrogens is 294 g/mol. The standard InChI is InChI=1S/C18H19NO2S/c1-15-4-2-3-5-18(15)21-11-13-22-12-10-20-17-8-6-16(14-19)7-9-17/h2-9H,10-13H2,1H3. The van der Waals surface area contributed by atoms with E-state index in [2.05, 4.69) is 6.07 Å². The SMILES string of the molecule is Cc1ccccc1OCCSCCOc1ccc(C#N)cc1. The van der Waals surface area contributed by atoms with Crippen LogP contribution in [0.1, 0.15) is 11.1 Å². The molecular formula is C18H19NO2S. The minimum absolute atomic E-state index is 0.648. The molecule has 0 heterocycles. The average Bonchev–Trinajstić information content (AvgIpc) is 2.56. The highest BCUT2D eigenvalue weighted by Crippen LogP contribution is 2.16. The van der Waals surface area contributed by atoms with Crippen LogP contribution in [0.3, 0.4) is 0 Å². The van der Waals surface area contributed by atoms with E-state index in [1.54, 1.807) is 23.9 Å². The molecule has 2 aromatic carbocycles. The van der Waals surface area contributed by atoms with Crippen molar-refractivity contribution in [2.45, 2.75) is 6.92 Å². The van der Waals surface area contributed by atoms with Gasteiger partial charge in [-0.25, -0.2) is 0 Å². The highest BCUT2D eigenvalue weighted by molar-refractivity contribution is 7.99. The number of ether oxygens (including phenoxy) is 2. The lowest BCUT2D eigenvalue weighted by Crippen LogP contribution is -2.05. The Morgan fingerprint density at radius 2 is 1.64 bits per heavy atom. The van der Waals surface area contributed by atoms with Gasteiger partial charge in [-0.05, 0) is 42.8 Å². The minimum atomic E-state index is 0.648. The van der Waals surface area contributed by atoms with Crippen LogP contribution in [0.5, 0.6) is 11.5 Å². The van der Waals surface area contributed by atoms with Gasteiger partial charge in [0.05, 0.1) is 24.8 Å². The van der Waals surface area contributed by atoms with Crippen LogP contribution in [-0.4, -0.2) is 24.7 Å². The van der Waals surface area contributed by atoms with Crippen LogP contribution in [0.4, 0.5) is 0 Å². The van der Waals surface area contributed by atoms with Crippen molar-refractivity contribution < 1.29 is 9.47 Å². The molecule has 0 atom stereocenters. The van der Waals surface area contributed by atoms with Crippen LogP contribution in [-0.2, 0) is 0 Å². The van der Waals surface area contributed by atoms with Gasteiger partial charge in [-0.2, -0.15) is 17.0 Å². The van der Waals surface area contributed by atoms with Gasteiger partial charge in [-0.1, -0.05) is 18.2 Å². The van der Waals surface area contributed by atoms with E-state index in [1.807, 2.05) is 43.3 Å². The van der Waals surface area contributed by atoms with Crippen molar-refractivity contribution in [2.24, 2.45) is 0 Å². The zero-order valence-corrected chi connectivity index (χ0v) is 13.4. The summed E-state index contributed by atoms with van der Waals surface area (Å²) in [4.78, 5) is 0. The van der Waals surface area contributed by atoms with Crippen molar-refractivity contribution in [2.75, 3.05) is 24.7 Å². The Kier molecular flexibility index (Phi) is 6.66. The summed E-state index contributed by atoms with van der Waals surface area (Å²) in [6.07, 6.45) is 0. The lowest BCUT2D eigenvalue weighted by Gasteiger charge is -2.09. The molecule has 0 aliphatic carbocycles. The maximum absolute atomic E-state index is 8.72. The van der Waals surface area contributed by atoms with Gasteiger partial charge in [0, 0.05) is 11.5 Å². The lowest BCUT2D eigenvalue weighted by atomic mass is 10.2. The van der Waals surface area contributed by atoms with Gasteiger partial charge in [0.15, 0.2) is 0 Å². The number of thioether (sulfide) groups is 1. The smallest absolute Gasteiger partial charge is 0.122 e. The van der Waals surface area contributed by atoms with E-state index in [1.165, 1.54) is 0 Å². The molecule has 3 nitrogen and oxygen atoms in total. The molecule has 0 fully saturated rings. The van der Waals surface area contributed by atoms with Gasteiger partial charge >= 0.3 is 0 Å². The molecule has 0 radical (unpaired) electrons. The summed E-state index contributed by atoms with van der Waals surface area (Å²) in [6.45, 7) is 3.40. The Hall–Kier alpha value is -2.12. The largest absolute Gasteiger partial charge is 0.493 e. The maximum atomic E-state index is 8.72. The molecule has 2 aromatic rings. The number of benzene rings is 2. The van der Waals surface area contributed by atoms with Crippen LogP contribution < -0.4 is 9.47 Å². The van der Waals surface area contributed by atoms with Gasteiger partial charge in [0.1, 0.15) is 11.5 Å². The topological polar surface area (TPSA) is 42.2 Å². The molecule has 0 N–H and O–H groups in total. The number of nitriles is 1. The second kappa shape index (κ2) is 9.01. The zero-order chi connectivity index (χ0) is 15.6. The monoisotopic (exact) mass is 313 g/mol. The fraction of sp³-hybridized carbons (Fsp3) is 0.278. The number of para-hydroxylation sites is 1. The van der Waals surface area contributed by atoms with Crippen LogP contribution in [0.2, 0.25) is 0 Å². The Balaban J connectivity index is 1.56. The first-order valence-electron chi connectivity index (χ1n) is 7.19. The van der Waals surface area contributed by atoms with E-state index in [0.717, 1.165) is 28.6 Å². The lowest BCUT2D eigenvalue weighted by molar-refractivity contribution is 0.338. The summed E-state index contributed by atoms with van der Waals surface area (Å²) >= 11 is 1.80. The second-order valence-corrected chi connectivity index (χ2v) is 5.94. The third-order valence-corrected chi connectivity index (χ3v) is 3.97. The molecule has 0 amide bonds. The number of hydrogen-bond acceptors (Lipinski definition) is 4. The van der Waals surface area contributed by atoms with E-state index < -0.39 is 0 Å². The summed E-state index contributed by atoms with van der Waals surface area (Å²) in [5.41, 5.74) is 1.81. The van der Waals surface area contributed by atoms with Crippen LogP contribution in [0.15, 0.2) is 48.5 Å². The van der Waals surface area contributed by atoms with Crippen molar-refractivity contribution >= 4 is 11.8 Å². The molecule has 114 valence electrons. The first kappa shape index (κ1) is 16.3. The summed E-state index contributed by atoms with van der Waals surface area (Å²) < 4.78 is 11.4. The molecule has 0 aliphatic rings. The molecule has 2 rings (SSSR count). The number of aryl methyl sites for hydroxylation is 1. The molecule has 4 heteroatoms. The van der Waals surface area contributed by atoms with Gasteiger partial charge in [-0.15, -0.1) is 0 Å². The maximum Gasteiger partial charge on any atom is 0.122 e. The second-order valence-electron chi connectivity index (χ2n) is 4.71. The van der Waals surface area contributed by atoms with Gasteiger partial charge in [-0.3, -0.25) is 0 Å². The summed E-state index contributed by atoms with van der Waals surface area (Å²) in [6, 6.07) is 17.3. The predicted molar refractivity (Wildman–Crippen MR) is 90.7 cm³/mol. The highest BCUT2D eigenvalue weighted by atomic mass is 32.2. The van der Waals surface area contributed by atoms with Crippen LogP contribution in [0.25, 0.3) is 0 Å². The molecule has 0 bridgehead atoms. The van der Waals surface area contributed by atoms with E-state index in [-0.39, 0.29) is 0 Å². The molecule has 0 unspecified atom stereocenters. The van der Waals surface area contributed by atoms with E-state index in [0.29, 0.717) is 18.8 Å². The summed E-state index contributed by atoms with van der Waals surface area (Å²) in [5, 5.41) is 8.72. The molecule has 0 aromatic heterocycles. The average molecular weight is 313 g/mol. The van der Waals surface area contributed by atoms with E-state index >= 15 is 0 Å². The van der Waals surface area contributed by atoms with E-state index in [4.69, 9.17) is 14.7 Å². The molecule has 0 aliphatic heterocycles. The van der Waals surface area contributed by atoms with Crippen molar-refractivity contribution in [3.8, 4) is 17.6 Å². The van der Waals surface area contributed by atoms with Crippen molar-refractivity contribution in [3.05, 3.63) is 59.7 Å². The Morgan fingerprint density at radius 1 is 0.955 bits per heavy atom. The number of nitrogens with zero attached hydrogens (tertiary/aromatic N) is 1. The molecule has 0 saturated carbocycles. The van der Waals surface area contributed by atoms with Gasteiger partial charge < -0.3 is 9.47 Å². The summed E-state index contributed by atoms with van der Waals surface area (Å²) in [7, 11) is 0. The highest BCUT2D eigenvalue weighted by Gasteiger charge is 1.98. The quantitative estimate of drug-likeness (QED) is 0.689. The summed E-state index contributed by atoms with van der Waals surface area (Å²) in [5.74, 6) is 3.61. The zero-order valence-electron chi connectivity index (χ0n) is 12.6. The Bertz CT molecular complexity index is 620. The van der Waals surface area contributed by atoms with Crippen molar-refractivity contribution in [1.29, 1.82) is 5.26 Å². The van der Waals surface area contributed by atoms with Gasteiger partial charge in [0.25, 0.3) is 0 Å². The van der Waals surface area contributed by atoms with Crippen LogP contribution >= 0.6 is 11.8 Å². The normalized spacial score (nSPS) is 10.0. The number of hydrogen-bond donors (Lipinski definition) is 0. The first-order valence-corrected chi connectivity index (χ1v) is 8.34. The fourth-order valence-corrected chi connectivity index (χ4v) is 2.48. The van der Waals surface area contributed by atoms with Gasteiger partial charge in [0.2, 0.25) is 0 Å². The predicted octanol–water partition coefficient (Wildman–Crippen LogP) is 4.06. The number of rotatable bonds is 8.